The zero-order valence-corrected chi connectivity index (χ0v) is 35.8. The molecule has 0 amide bonds. The van der Waals surface area contributed by atoms with Crippen LogP contribution in [-0.2, 0) is 0 Å². The Balaban J connectivity index is 1.20. The summed E-state index contributed by atoms with van der Waals surface area (Å²) in [6, 6.07) is 85.2. The van der Waals surface area contributed by atoms with E-state index in [1.165, 1.54) is 130 Å². The number of hydrogen-bond donors (Lipinski definition) is 0. The quantitative estimate of drug-likeness (QED) is 0.162. The maximum absolute atomic E-state index is 9.87. The van der Waals surface area contributed by atoms with Gasteiger partial charge in [0.1, 0.15) is 0 Å². The lowest BCUT2D eigenvalue weighted by atomic mass is 9.80. The summed E-state index contributed by atoms with van der Waals surface area (Å²) in [5, 5.41) is 32.1. The fourth-order valence-electron chi connectivity index (χ4n) is 11.5. The maximum atomic E-state index is 9.87. The van der Waals surface area contributed by atoms with Crippen LogP contribution < -0.4 is 0 Å². The third kappa shape index (κ3) is 5.28. The Morgan fingerprint density at radius 1 is 0.227 bits per heavy atom. The first-order valence-corrected chi connectivity index (χ1v) is 22.7. The molecule has 66 heavy (non-hydrogen) atoms. The number of benzene rings is 14. The van der Waals surface area contributed by atoms with E-state index in [0.717, 1.165) is 11.1 Å². The molecule has 0 atom stereocenters. The minimum absolute atomic E-state index is 0.650. The van der Waals surface area contributed by atoms with Crippen molar-refractivity contribution >= 4 is 97.0 Å². The Labute approximate surface area is 381 Å². The number of rotatable bonds is 4. The van der Waals surface area contributed by atoms with Crippen molar-refractivity contribution in [3.05, 3.63) is 230 Å². The van der Waals surface area contributed by atoms with Gasteiger partial charge >= 0.3 is 0 Å². The molecular formula is C65H37N. The number of nitriles is 1. The van der Waals surface area contributed by atoms with Crippen molar-refractivity contribution < 1.29 is 0 Å². The van der Waals surface area contributed by atoms with Gasteiger partial charge in [0.25, 0.3) is 0 Å². The Morgan fingerprint density at radius 2 is 0.515 bits per heavy atom. The fraction of sp³-hybridized carbons (Fsp3) is 0. The van der Waals surface area contributed by atoms with E-state index in [1.807, 2.05) is 12.1 Å². The highest BCUT2D eigenvalue weighted by atomic mass is 14.3. The summed E-state index contributed by atoms with van der Waals surface area (Å²) in [4.78, 5) is 0. The average Bonchev–Trinajstić information content (AvgIpc) is 3.39. The Bertz CT molecular complexity index is 4260. The van der Waals surface area contributed by atoms with E-state index in [-0.39, 0.29) is 0 Å². The molecule has 0 aliphatic carbocycles. The molecule has 0 bridgehead atoms. The number of fused-ring (bicyclic) bond motifs is 9. The van der Waals surface area contributed by atoms with Gasteiger partial charge in [-0.15, -0.1) is 0 Å². The highest BCUT2D eigenvalue weighted by Crippen LogP contribution is 2.52. The van der Waals surface area contributed by atoms with Crippen molar-refractivity contribution in [1.82, 2.24) is 0 Å². The molecule has 0 radical (unpaired) electrons. The summed E-state index contributed by atoms with van der Waals surface area (Å²) >= 11 is 0. The second-order valence-corrected chi connectivity index (χ2v) is 17.8. The molecule has 0 spiro atoms. The van der Waals surface area contributed by atoms with Crippen LogP contribution in [0, 0.1) is 11.3 Å². The van der Waals surface area contributed by atoms with E-state index in [4.69, 9.17) is 0 Å². The summed E-state index contributed by atoms with van der Waals surface area (Å²) in [7, 11) is 0. The molecule has 1 nitrogen and oxygen atoms in total. The first-order chi connectivity index (χ1) is 32.7. The lowest BCUT2D eigenvalue weighted by Crippen LogP contribution is -1.96. The summed E-state index contributed by atoms with van der Waals surface area (Å²) in [6.45, 7) is 0. The minimum Gasteiger partial charge on any atom is -0.192 e. The van der Waals surface area contributed by atoms with Crippen molar-refractivity contribution in [3.8, 4) is 50.6 Å². The normalized spacial score (nSPS) is 11.9. The molecule has 0 unspecified atom stereocenters. The molecule has 302 valence electrons. The van der Waals surface area contributed by atoms with E-state index < -0.39 is 0 Å². The third-order valence-electron chi connectivity index (χ3n) is 14.4. The van der Waals surface area contributed by atoms with E-state index >= 15 is 0 Å². The SMILES string of the molecule is N#Cc1ccc(-c2cc(-c3cc4ccccc4c4ccccc34)c3ccc4c(-c5cc6ccccc6c6ccccc56)cc(-c5cc6ccccc6c6ccccc56)c5ccc2c3c54)cc1. The zero-order valence-electron chi connectivity index (χ0n) is 35.8. The van der Waals surface area contributed by atoms with Crippen LogP contribution in [0.5, 0.6) is 0 Å². The molecule has 0 saturated carbocycles. The number of nitrogens with zero attached hydrogens (tertiary/aromatic N) is 1. The second kappa shape index (κ2) is 14.1. The standard InChI is InChI=1S/C65H37N/c66-38-39-25-27-40(28-26-39)57-36-61(58-33-41-13-1-4-16-44(41)47-19-7-10-22-50(47)58)54-31-32-56-63(60-35-43-15-3-6-18-46(43)49-21-9-12-24-52(49)60)37-62(55-30-29-53(57)64(54)65(55)56)59-34-42-14-2-5-17-45(42)48-20-8-11-23-51(48)59/h1-37H. The predicted molar refractivity (Wildman–Crippen MR) is 282 cm³/mol. The summed E-state index contributed by atoms with van der Waals surface area (Å²) in [5.74, 6) is 0. The molecule has 0 saturated heterocycles. The van der Waals surface area contributed by atoms with E-state index in [0.29, 0.717) is 5.56 Å². The van der Waals surface area contributed by atoms with Crippen molar-refractivity contribution in [3.63, 3.8) is 0 Å². The van der Waals surface area contributed by atoms with Gasteiger partial charge in [0.05, 0.1) is 11.6 Å². The summed E-state index contributed by atoms with van der Waals surface area (Å²) in [5.41, 5.74) is 10.2. The van der Waals surface area contributed by atoms with Crippen LogP contribution in [0.2, 0.25) is 0 Å². The minimum atomic E-state index is 0.650. The van der Waals surface area contributed by atoms with Crippen LogP contribution in [0.15, 0.2) is 224 Å². The van der Waals surface area contributed by atoms with Gasteiger partial charge in [0.2, 0.25) is 0 Å². The molecule has 0 aliphatic rings. The monoisotopic (exact) mass is 831 g/mol. The van der Waals surface area contributed by atoms with Crippen molar-refractivity contribution in [2.75, 3.05) is 0 Å². The van der Waals surface area contributed by atoms with Crippen molar-refractivity contribution in [2.24, 2.45) is 0 Å². The largest absolute Gasteiger partial charge is 0.192 e. The Kier molecular flexibility index (Phi) is 7.82. The highest BCUT2D eigenvalue weighted by molar-refractivity contribution is 6.34. The molecule has 0 aromatic heterocycles. The van der Waals surface area contributed by atoms with Gasteiger partial charge in [-0.3, -0.25) is 0 Å². The smallest absolute Gasteiger partial charge is 0.0991 e. The van der Waals surface area contributed by atoms with Gasteiger partial charge in [-0.25, -0.2) is 0 Å². The predicted octanol–water partition coefficient (Wildman–Crippen LogP) is 18.0. The van der Waals surface area contributed by atoms with Gasteiger partial charge in [0, 0.05) is 0 Å². The molecule has 14 aromatic carbocycles. The van der Waals surface area contributed by atoms with E-state index in [1.54, 1.807) is 0 Å². The van der Waals surface area contributed by atoms with Crippen LogP contribution in [-0.4, -0.2) is 0 Å². The molecular weight excluding hydrogens is 795 g/mol. The second-order valence-electron chi connectivity index (χ2n) is 17.8. The van der Waals surface area contributed by atoms with Gasteiger partial charge in [-0.1, -0.05) is 182 Å². The molecule has 14 aromatic rings. The van der Waals surface area contributed by atoms with Gasteiger partial charge in [-0.2, -0.15) is 5.26 Å². The molecule has 1 heteroatoms. The lowest BCUT2D eigenvalue weighted by molar-refractivity contribution is 1.48. The summed E-state index contributed by atoms with van der Waals surface area (Å²) < 4.78 is 0. The van der Waals surface area contributed by atoms with Crippen LogP contribution >= 0.6 is 0 Å². The molecule has 0 N–H and O–H groups in total. The van der Waals surface area contributed by atoms with Crippen molar-refractivity contribution in [1.29, 1.82) is 5.26 Å². The molecule has 0 aliphatic heterocycles. The summed E-state index contributed by atoms with van der Waals surface area (Å²) in [6.07, 6.45) is 0. The Hall–Kier alpha value is -8.83. The number of hydrogen-bond acceptors (Lipinski definition) is 1. The average molecular weight is 832 g/mol. The van der Waals surface area contributed by atoms with Crippen LogP contribution in [0.4, 0.5) is 0 Å². The first-order valence-electron chi connectivity index (χ1n) is 22.7. The maximum Gasteiger partial charge on any atom is 0.0991 e. The van der Waals surface area contributed by atoms with Crippen molar-refractivity contribution in [2.45, 2.75) is 0 Å². The Morgan fingerprint density at radius 3 is 0.879 bits per heavy atom. The van der Waals surface area contributed by atoms with Crippen LogP contribution in [0.1, 0.15) is 5.56 Å². The van der Waals surface area contributed by atoms with Gasteiger partial charge < -0.3 is 0 Å². The van der Waals surface area contributed by atoms with Crippen LogP contribution in [0.3, 0.4) is 0 Å². The van der Waals surface area contributed by atoms with E-state index in [2.05, 4.69) is 218 Å². The lowest BCUT2D eigenvalue weighted by Gasteiger charge is -2.23. The van der Waals surface area contributed by atoms with E-state index in [9.17, 15) is 5.26 Å². The highest BCUT2D eigenvalue weighted by Gasteiger charge is 2.24. The van der Waals surface area contributed by atoms with Crippen LogP contribution in [0.25, 0.3) is 141 Å². The molecule has 0 fully saturated rings. The first kappa shape index (κ1) is 36.6. The van der Waals surface area contributed by atoms with Gasteiger partial charge in [-0.05, 0) is 184 Å². The van der Waals surface area contributed by atoms with Gasteiger partial charge in [0.15, 0.2) is 0 Å². The topological polar surface area (TPSA) is 23.8 Å². The third-order valence-corrected chi connectivity index (χ3v) is 14.4. The fourth-order valence-corrected chi connectivity index (χ4v) is 11.5. The molecule has 0 heterocycles. The molecule has 14 rings (SSSR count). The zero-order chi connectivity index (χ0) is 43.5.